The first kappa shape index (κ1) is 12.2. The molecular formula is C10H10O6. The van der Waals surface area contributed by atoms with Crippen molar-refractivity contribution >= 4 is 11.9 Å². The lowest BCUT2D eigenvalue weighted by Gasteiger charge is -2.04. The average Bonchev–Trinajstić information content (AvgIpc) is 2.29. The van der Waals surface area contributed by atoms with E-state index in [1.54, 1.807) is 0 Å². The maximum absolute atomic E-state index is 11.4. The molecule has 1 rings (SSSR count). The van der Waals surface area contributed by atoms with E-state index in [0.29, 0.717) is 0 Å². The van der Waals surface area contributed by atoms with Crippen LogP contribution in [0.2, 0.25) is 0 Å². The molecule has 0 spiro atoms. The quantitative estimate of drug-likeness (QED) is 0.430. The van der Waals surface area contributed by atoms with Gasteiger partial charge in [-0.1, -0.05) is 12.1 Å². The summed E-state index contributed by atoms with van der Waals surface area (Å²) < 4.78 is 0. The SMILES string of the molecule is O=C(O)c1ccccc1C(=O)OOCCO. The van der Waals surface area contributed by atoms with Crippen molar-refractivity contribution in [3.8, 4) is 0 Å². The third-order valence-electron chi connectivity index (χ3n) is 1.69. The van der Waals surface area contributed by atoms with Crippen molar-refractivity contribution in [1.29, 1.82) is 0 Å². The van der Waals surface area contributed by atoms with E-state index >= 15 is 0 Å². The number of aliphatic hydroxyl groups excluding tert-OH is 1. The van der Waals surface area contributed by atoms with Crippen LogP contribution in [0.5, 0.6) is 0 Å². The van der Waals surface area contributed by atoms with E-state index in [0.717, 1.165) is 0 Å². The minimum Gasteiger partial charge on any atom is -0.478 e. The van der Waals surface area contributed by atoms with Crippen molar-refractivity contribution in [2.45, 2.75) is 0 Å². The first-order valence-electron chi connectivity index (χ1n) is 4.43. The number of aliphatic hydroxyl groups is 1. The van der Waals surface area contributed by atoms with Crippen LogP contribution in [0.25, 0.3) is 0 Å². The fourth-order valence-electron chi connectivity index (χ4n) is 1.02. The smallest absolute Gasteiger partial charge is 0.373 e. The van der Waals surface area contributed by atoms with Gasteiger partial charge in [0.25, 0.3) is 0 Å². The molecule has 0 saturated heterocycles. The topological polar surface area (TPSA) is 93.1 Å². The largest absolute Gasteiger partial charge is 0.478 e. The molecule has 0 saturated carbocycles. The van der Waals surface area contributed by atoms with E-state index < -0.39 is 11.9 Å². The lowest BCUT2D eigenvalue weighted by Crippen LogP contribution is -2.13. The van der Waals surface area contributed by atoms with Gasteiger partial charge in [0, 0.05) is 0 Å². The minimum atomic E-state index is -1.23. The molecular weight excluding hydrogens is 216 g/mol. The molecule has 0 aromatic heterocycles. The van der Waals surface area contributed by atoms with Gasteiger partial charge in [-0.15, -0.1) is 0 Å². The predicted molar refractivity (Wildman–Crippen MR) is 51.9 cm³/mol. The molecule has 86 valence electrons. The van der Waals surface area contributed by atoms with Crippen LogP contribution in [0.4, 0.5) is 0 Å². The number of benzene rings is 1. The van der Waals surface area contributed by atoms with Gasteiger partial charge < -0.3 is 10.2 Å². The highest BCUT2D eigenvalue weighted by molar-refractivity contribution is 6.02. The first-order valence-corrected chi connectivity index (χ1v) is 4.43. The average molecular weight is 226 g/mol. The van der Waals surface area contributed by atoms with Gasteiger partial charge in [0.2, 0.25) is 0 Å². The Morgan fingerprint density at radius 1 is 1.19 bits per heavy atom. The van der Waals surface area contributed by atoms with Crippen LogP contribution in [-0.4, -0.2) is 35.4 Å². The molecule has 6 heteroatoms. The van der Waals surface area contributed by atoms with Crippen molar-refractivity contribution in [3.05, 3.63) is 35.4 Å². The number of aromatic carboxylic acids is 1. The normalized spacial score (nSPS) is 9.81. The second kappa shape index (κ2) is 5.84. The molecule has 0 radical (unpaired) electrons. The van der Waals surface area contributed by atoms with Crippen molar-refractivity contribution in [2.24, 2.45) is 0 Å². The monoisotopic (exact) mass is 226 g/mol. The number of carboxylic acids is 1. The van der Waals surface area contributed by atoms with Gasteiger partial charge in [-0.05, 0) is 12.1 Å². The summed E-state index contributed by atoms with van der Waals surface area (Å²) in [7, 11) is 0. The summed E-state index contributed by atoms with van der Waals surface area (Å²) in [5, 5.41) is 17.2. The standard InChI is InChI=1S/C10H10O6/c11-5-6-15-16-10(14)8-4-2-1-3-7(8)9(12)13/h1-4,11H,5-6H2,(H,12,13). The molecule has 0 fully saturated rings. The number of rotatable bonds is 5. The van der Waals surface area contributed by atoms with Crippen LogP contribution in [0, 0.1) is 0 Å². The lowest BCUT2D eigenvalue weighted by atomic mass is 10.1. The van der Waals surface area contributed by atoms with Crippen LogP contribution >= 0.6 is 0 Å². The van der Waals surface area contributed by atoms with Crippen LogP contribution in [-0.2, 0) is 9.78 Å². The Bertz CT molecular complexity index is 387. The number of hydrogen-bond acceptors (Lipinski definition) is 5. The highest BCUT2D eigenvalue weighted by atomic mass is 17.2. The number of carbonyl (C=O) groups excluding carboxylic acids is 1. The van der Waals surface area contributed by atoms with Gasteiger partial charge in [-0.25, -0.2) is 9.59 Å². The van der Waals surface area contributed by atoms with Crippen LogP contribution in [0.3, 0.4) is 0 Å². The molecule has 0 amide bonds. The summed E-state index contributed by atoms with van der Waals surface area (Å²) in [6.07, 6.45) is 0. The molecule has 1 aromatic carbocycles. The van der Waals surface area contributed by atoms with Crippen molar-refractivity contribution in [3.63, 3.8) is 0 Å². The lowest BCUT2D eigenvalue weighted by molar-refractivity contribution is -0.245. The Morgan fingerprint density at radius 2 is 1.81 bits per heavy atom. The molecule has 1 aromatic rings. The Morgan fingerprint density at radius 3 is 2.38 bits per heavy atom. The third-order valence-corrected chi connectivity index (χ3v) is 1.69. The molecule has 0 aliphatic heterocycles. The molecule has 16 heavy (non-hydrogen) atoms. The molecule has 6 nitrogen and oxygen atoms in total. The van der Waals surface area contributed by atoms with Gasteiger partial charge >= 0.3 is 11.9 Å². The van der Waals surface area contributed by atoms with E-state index in [-0.39, 0.29) is 24.3 Å². The first-order chi connectivity index (χ1) is 7.66. The van der Waals surface area contributed by atoms with Gasteiger partial charge in [0.1, 0.15) is 6.61 Å². The summed E-state index contributed by atoms with van der Waals surface area (Å²) in [6.45, 7) is -0.463. The van der Waals surface area contributed by atoms with Crippen LogP contribution in [0.1, 0.15) is 20.7 Å². The minimum absolute atomic E-state index is 0.104. The van der Waals surface area contributed by atoms with Crippen molar-refractivity contribution in [2.75, 3.05) is 13.2 Å². The molecule has 0 bridgehead atoms. The highest BCUT2D eigenvalue weighted by Gasteiger charge is 2.17. The van der Waals surface area contributed by atoms with E-state index in [1.165, 1.54) is 24.3 Å². The van der Waals surface area contributed by atoms with E-state index in [9.17, 15) is 9.59 Å². The van der Waals surface area contributed by atoms with E-state index in [2.05, 4.69) is 9.78 Å². The zero-order valence-electron chi connectivity index (χ0n) is 8.25. The summed E-state index contributed by atoms with van der Waals surface area (Å²) in [5.74, 6) is -2.14. The predicted octanol–water partition coefficient (Wildman–Crippen LogP) is 0.466. The van der Waals surface area contributed by atoms with Gasteiger partial charge in [-0.2, -0.15) is 4.89 Å². The Balaban J connectivity index is 2.78. The second-order valence-electron chi connectivity index (χ2n) is 2.77. The van der Waals surface area contributed by atoms with E-state index in [4.69, 9.17) is 10.2 Å². The Kier molecular flexibility index (Phi) is 4.43. The van der Waals surface area contributed by atoms with Crippen molar-refractivity contribution in [1.82, 2.24) is 0 Å². The van der Waals surface area contributed by atoms with Gasteiger partial charge in [0.15, 0.2) is 0 Å². The van der Waals surface area contributed by atoms with E-state index in [1.807, 2.05) is 0 Å². The number of hydrogen-bond donors (Lipinski definition) is 2. The fraction of sp³-hybridized carbons (Fsp3) is 0.200. The summed E-state index contributed by atoms with van der Waals surface area (Å²) in [4.78, 5) is 30.8. The molecule has 0 heterocycles. The van der Waals surface area contributed by atoms with Gasteiger partial charge in [0.05, 0.1) is 17.7 Å². The zero-order valence-corrected chi connectivity index (χ0v) is 8.25. The highest BCUT2D eigenvalue weighted by Crippen LogP contribution is 2.10. The van der Waals surface area contributed by atoms with Crippen LogP contribution in [0.15, 0.2) is 24.3 Å². The molecule has 0 atom stereocenters. The summed E-state index contributed by atoms with van der Waals surface area (Å²) in [6, 6.07) is 5.60. The number of carbonyl (C=O) groups is 2. The summed E-state index contributed by atoms with van der Waals surface area (Å²) >= 11 is 0. The zero-order chi connectivity index (χ0) is 12.0. The molecule has 0 unspecified atom stereocenters. The maximum Gasteiger partial charge on any atom is 0.373 e. The van der Waals surface area contributed by atoms with Crippen LogP contribution < -0.4 is 0 Å². The van der Waals surface area contributed by atoms with Crippen molar-refractivity contribution < 1.29 is 29.6 Å². The number of carboxylic acid groups (broad SMARTS) is 1. The summed E-state index contributed by atoms with van der Waals surface area (Å²) in [5.41, 5.74) is -0.270. The maximum atomic E-state index is 11.4. The van der Waals surface area contributed by atoms with Gasteiger partial charge in [-0.3, -0.25) is 4.89 Å². The Labute approximate surface area is 91.0 Å². The third kappa shape index (κ3) is 3.04. The Hall–Kier alpha value is -1.92. The molecule has 2 N–H and O–H groups in total. The molecule has 0 aliphatic carbocycles. The molecule has 0 aliphatic rings. The fourth-order valence-corrected chi connectivity index (χ4v) is 1.02. The second-order valence-corrected chi connectivity index (χ2v) is 2.77.